The molecule has 1 aliphatic rings. The van der Waals surface area contributed by atoms with E-state index in [2.05, 4.69) is 13.8 Å². The average molecular weight is 176 g/mol. The van der Waals surface area contributed by atoms with Crippen molar-refractivity contribution >= 4 is 0 Å². The molecule has 1 N–H and O–H groups in total. The van der Waals surface area contributed by atoms with Crippen LogP contribution in [0.5, 0.6) is 5.75 Å². The normalized spacial score (nSPS) is 26.4. The second kappa shape index (κ2) is 3.06. The maximum Gasteiger partial charge on any atom is 0.115 e. The van der Waals surface area contributed by atoms with Gasteiger partial charge in [0.1, 0.15) is 5.75 Å². The Balaban J connectivity index is 2.08. The summed E-state index contributed by atoms with van der Waals surface area (Å²) in [5.74, 6) is 2.77. The van der Waals surface area contributed by atoms with Crippen LogP contribution < -0.4 is 0 Å². The Kier molecular flexibility index (Phi) is 2.03. The van der Waals surface area contributed by atoms with E-state index in [0.717, 1.165) is 17.8 Å². The molecule has 0 radical (unpaired) electrons. The first-order valence-corrected chi connectivity index (χ1v) is 4.97. The molecule has 2 unspecified atom stereocenters. The highest BCUT2D eigenvalue weighted by Gasteiger charge is 2.39. The number of aromatic hydroxyl groups is 1. The summed E-state index contributed by atoms with van der Waals surface area (Å²) in [4.78, 5) is 0. The summed E-state index contributed by atoms with van der Waals surface area (Å²) >= 11 is 0. The zero-order chi connectivity index (χ0) is 9.42. The number of phenolic OH excluding ortho intramolecular Hbond substituents is 1. The summed E-state index contributed by atoms with van der Waals surface area (Å²) in [6.07, 6.45) is 1.32. The third-order valence-corrected chi connectivity index (χ3v) is 3.02. The molecule has 0 amide bonds. The monoisotopic (exact) mass is 176 g/mol. The minimum absolute atomic E-state index is 0.366. The summed E-state index contributed by atoms with van der Waals surface area (Å²) in [6.45, 7) is 4.57. The number of benzene rings is 1. The summed E-state index contributed by atoms with van der Waals surface area (Å²) in [7, 11) is 0. The standard InChI is InChI=1S/C12H16O/c1-8(2)11-7-12(11)9-3-5-10(13)6-4-9/h3-6,8,11-13H,7H2,1-2H3. The van der Waals surface area contributed by atoms with E-state index >= 15 is 0 Å². The predicted octanol–water partition coefficient (Wildman–Crippen LogP) is 3.15. The molecule has 1 aromatic carbocycles. The van der Waals surface area contributed by atoms with E-state index in [1.165, 1.54) is 12.0 Å². The lowest BCUT2D eigenvalue weighted by atomic mass is 10.0. The third-order valence-electron chi connectivity index (χ3n) is 3.02. The van der Waals surface area contributed by atoms with Gasteiger partial charge in [-0.25, -0.2) is 0 Å². The second-order valence-electron chi connectivity index (χ2n) is 4.34. The molecule has 1 aliphatic carbocycles. The van der Waals surface area contributed by atoms with E-state index in [0.29, 0.717) is 5.75 Å². The molecule has 2 atom stereocenters. The lowest BCUT2D eigenvalue weighted by Crippen LogP contribution is -1.91. The topological polar surface area (TPSA) is 20.2 Å². The molecule has 0 spiro atoms. The van der Waals surface area contributed by atoms with Crippen LogP contribution in [-0.4, -0.2) is 5.11 Å². The summed E-state index contributed by atoms with van der Waals surface area (Å²) in [5.41, 5.74) is 1.39. The van der Waals surface area contributed by atoms with Crippen LogP contribution in [-0.2, 0) is 0 Å². The number of rotatable bonds is 2. The van der Waals surface area contributed by atoms with Crippen molar-refractivity contribution in [3.63, 3.8) is 0 Å². The molecular weight excluding hydrogens is 160 g/mol. The maximum absolute atomic E-state index is 9.13. The maximum atomic E-state index is 9.13. The highest BCUT2D eigenvalue weighted by molar-refractivity contribution is 5.31. The quantitative estimate of drug-likeness (QED) is 0.734. The van der Waals surface area contributed by atoms with E-state index in [1.54, 1.807) is 12.1 Å². The van der Waals surface area contributed by atoms with Gasteiger partial charge in [0.25, 0.3) is 0 Å². The molecule has 2 rings (SSSR count). The van der Waals surface area contributed by atoms with Crippen molar-refractivity contribution < 1.29 is 5.11 Å². The van der Waals surface area contributed by atoms with Gasteiger partial charge in [-0.05, 0) is 41.9 Å². The summed E-state index contributed by atoms with van der Waals surface area (Å²) in [6, 6.07) is 7.65. The Morgan fingerprint density at radius 2 is 1.85 bits per heavy atom. The first-order valence-electron chi connectivity index (χ1n) is 4.97. The van der Waals surface area contributed by atoms with Crippen molar-refractivity contribution in [3.8, 4) is 5.75 Å². The molecule has 13 heavy (non-hydrogen) atoms. The highest BCUT2D eigenvalue weighted by atomic mass is 16.3. The predicted molar refractivity (Wildman–Crippen MR) is 53.8 cm³/mol. The molecule has 0 saturated heterocycles. The Labute approximate surface area is 79.4 Å². The van der Waals surface area contributed by atoms with Gasteiger partial charge in [0.2, 0.25) is 0 Å². The zero-order valence-corrected chi connectivity index (χ0v) is 8.20. The number of hydrogen-bond acceptors (Lipinski definition) is 1. The molecule has 0 bridgehead atoms. The van der Waals surface area contributed by atoms with Gasteiger partial charge in [-0.3, -0.25) is 0 Å². The summed E-state index contributed by atoms with van der Waals surface area (Å²) < 4.78 is 0. The Morgan fingerprint density at radius 3 is 2.31 bits per heavy atom. The molecule has 1 fully saturated rings. The van der Waals surface area contributed by atoms with Crippen molar-refractivity contribution in [2.45, 2.75) is 26.2 Å². The van der Waals surface area contributed by atoms with Gasteiger partial charge in [0.15, 0.2) is 0 Å². The van der Waals surface area contributed by atoms with Crippen LogP contribution in [0.4, 0.5) is 0 Å². The van der Waals surface area contributed by atoms with Crippen molar-refractivity contribution in [2.75, 3.05) is 0 Å². The van der Waals surface area contributed by atoms with Crippen LogP contribution in [0.3, 0.4) is 0 Å². The van der Waals surface area contributed by atoms with Gasteiger partial charge in [-0.1, -0.05) is 26.0 Å². The van der Waals surface area contributed by atoms with Crippen molar-refractivity contribution in [1.29, 1.82) is 0 Å². The molecule has 0 heterocycles. The van der Waals surface area contributed by atoms with Gasteiger partial charge in [-0.15, -0.1) is 0 Å². The van der Waals surface area contributed by atoms with E-state index in [4.69, 9.17) is 5.11 Å². The van der Waals surface area contributed by atoms with Crippen molar-refractivity contribution in [2.24, 2.45) is 11.8 Å². The molecule has 1 saturated carbocycles. The van der Waals surface area contributed by atoms with Gasteiger partial charge in [0, 0.05) is 0 Å². The Hall–Kier alpha value is -0.980. The number of phenols is 1. The van der Waals surface area contributed by atoms with Gasteiger partial charge < -0.3 is 5.11 Å². The fourth-order valence-corrected chi connectivity index (χ4v) is 2.06. The molecule has 70 valence electrons. The van der Waals surface area contributed by atoms with E-state index < -0.39 is 0 Å². The molecular formula is C12H16O. The summed E-state index contributed by atoms with van der Waals surface area (Å²) in [5, 5.41) is 9.13. The fraction of sp³-hybridized carbons (Fsp3) is 0.500. The third kappa shape index (κ3) is 1.69. The first kappa shape index (κ1) is 8.61. The average Bonchev–Trinajstić information content (AvgIpc) is 2.85. The van der Waals surface area contributed by atoms with Gasteiger partial charge in [0.05, 0.1) is 0 Å². The van der Waals surface area contributed by atoms with Crippen molar-refractivity contribution in [3.05, 3.63) is 29.8 Å². The Morgan fingerprint density at radius 1 is 1.23 bits per heavy atom. The minimum Gasteiger partial charge on any atom is -0.508 e. The molecule has 1 aromatic rings. The number of hydrogen-bond donors (Lipinski definition) is 1. The SMILES string of the molecule is CC(C)C1CC1c1ccc(O)cc1. The van der Waals surface area contributed by atoms with Crippen LogP contribution in [0.2, 0.25) is 0 Å². The minimum atomic E-state index is 0.366. The van der Waals surface area contributed by atoms with Crippen LogP contribution in [0, 0.1) is 11.8 Å². The van der Waals surface area contributed by atoms with Crippen LogP contribution in [0.25, 0.3) is 0 Å². The van der Waals surface area contributed by atoms with Gasteiger partial charge in [-0.2, -0.15) is 0 Å². The second-order valence-corrected chi connectivity index (χ2v) is 4.34. The molecule has 0 aliphatic heterocycles. The van der Waals surface area contributed by atoms with Crippen LogP contribution in [0.15, 0.2) is 24.3 Å². The lowest BCUT2D eigenvalue weighted by Gasteiger charge is -2.03. The zero-order valence-electron chi connectivity index (χ0n) is 8.20. The molecule has 0 aromatic heterocycles. The fourth-order valence-electron chi connectivity index (χ4n) is 2.06. The highest BCUT2D eigenvalue weighted by Crippen LogP contribution is 2.51. The Bertz CT molecular complexity index is 286. The van der Waals surface area contributed by atoms with Crippen LogP contribution >= 0.6 is 0 Å². The van der Waals surface area contributed by atoms with E-state index in [1.807, 2.05) is 12.1 Å². The van der Waals surface area contributed by atoms with Gasteiger partial charge >= 0.3 is 0 Å². The molecule has 1 nitrogen and oxygen atoms in total. The lowest BCUT2D eigenvalue weighted by molar-refractivity contribution is 0.475. The largest absolute Gasteiger partial charge is 0.508 e. The first-order chi connectivity index (χ1) is 6.18. The van der Waals surface area contributed by atoms with Crippen molar-refractivity contribution in [1.82, 2.24) is 0 Å². The smallest absolute Gasteiger partial charge is 0.115 e. The molecule has 1 heteroatoms. The van der Waals surface area contributed by atoms with E-state index in [-0.39, 0.29) is 0 Å². The van der Waals surface area contributed by atoms with E-state index in [9.17, 15) is 0 Å². The van der Waals surface area contributed by atoms with Crippen LogP contribution in [0.1, 0.15) is 31.7 Å².